The molecule has 0 radical (unpaired) electrons. The van der Waals surface area contributed by atoms with Gasteiger partial charge in [0, 0.05) is 10.4 Å². The molecule has 0 aromatic heterocycles. The Morgan fingerprint density at radius 1 is 1.32 bits per heavy atom. The smallest absolute Gasteiger partial charge is 0.145 e. The topological polar surface area (TPSA) is 29.4 Å². The fraction of sp³-hybridized carbons (Fsp3) is 0.500. The van der Waals surface area contributed by atoms with Crippen LogP contribution >= 0.6 is 27.5 Å². The first-order chi connectivity index (χ1) is 8.84. The van der Waals surface area contributed by atoms with Gasteiger partial charge in [0.1, 0.15) is 11.0 Å². The van der Waals surface area contributed by atoms with E-state index < -0.39 is 11.0 Å². The van der Waals surface area contributed by atoms with Crippen LogP contribution in [0, 0.1) is 0 Å². The molecule has 0 fully saturated rings. The molecule has 0 aliphatic rings. The van der Waals surface area contributed by atoms with Gasteiger partial charge in [-0.1, -0.05) is 28.1 Å². The van der Waals surface area contributed by atoms with Gasteiger partial charge in [-0.2, -0.15) is 4.40 Å². The second kappa shape index (κ2) is 7.55. The Kier molecular flexibility index (Phi) is 6.71. The monoisotopic (exact) mass is 363 g/mol. The molecule has 106 valence electrons. The summed E-state index contributed by atoms with van der Waals surface area (Å²) in [6.45, 7) is 5.77. The Bertz CT molecular complexity index is 465. The molecule has 0 unspecified atom stereocenters. The molecule has 0 aliphatic heterocycles. The third-order valence-corrected chi connectivity index (χ3v) is 4.67. The van der Waals surface area contributed by atoms with E-state index >= 15 is 0 Å². The Balaban J connectivity index is 3.04. The second-order valence-electron chi connectivity index (χ2n) is 5.20. The highest BCUT2D eigenvalue weighted by atomic mass is 79.9. The van der Waals surface area contributed by atoms with Crippen molar-refractivity contribution >= 4 is 44.2 Å². The number of nitrogens with zero attached hydrogens (tertiary/aromatic N) is 1. The molecule has 5 heteroatoms. The summed E-state index contributed by atoms with van der Waals surface area (Å²) in [7, 11) is -1.24. The number of hydrogen-bond acceptors (Lipinski definition) is 1. The van der Waals surface area contributed by atoms with Crippen LogP contribution in [0.4, 0.5) is 0 Å². The molecule has 0 bridgehead atoms. The van der Waals surface area contributed by atoms with Crippen LogP contribution in [-0.4, -0.2) is 20.5 Å². The fourth-order valence-corrected chi connectivity index (χ4v) is 2.42. The molecule has 0 spiro atoms. The van der Waals surface area contributed by atoms with E-state index in [4.69, 9.17) is 11.6 Å². The van der Waals surface area contributed by atoms with Gasteiger partial charge in [-0.05, 0) is 51.3 Å². The zero-order valence-corrected chi connectivity index (χ0v) is 14.6. The minimum Gasteiger partial charge on any atom is -0.234 e. The average molecular weight is 365 g/mol. The zero-order valence-electron chi connectivity index (χ0n) is 11.5. The molecule has 1 aromatic carbocycles. The molecule has 0 N–H and O–H groups in total. The van der Waals surface area contributed by atoms with Crippen molar-refractivity contribution in [3.8, 4) is 0 Å². The SMILES string of the molecule is CC(C)(C)[S@](=O)/N=C(\CCCCl)c1ccc(Br)cc1. The van der Waals surface area contributed by atoms with Gasteiger partial charge in [0.2, 0.25) is 0 Å². The quantitative estimate of drug-likeness (QED) is 0.549. The van der Waals surface area contributed by atoms with Crippen LogP contribution in [0.15, 0.2) is 33.1 Å². The van der Waals surface area contributed by atoms with Crippen molar-refractivity contribution in [2.75, 3.05) is 5.88 Å². The van der Waals surface area contributed by atoms with E-state index in [0.29, 0.717) is 5.88 Å². The van der Waals surface area contributed by atoms with E-state index in [1.165, 1.54) is 0 Å². The van der Waals surface area contributed by atoms with Crippen molar-refractivity contribution in [3.63, 3.8) is 0 Å². The van der Waals surface area contributed by atoms with E-state index in [2.05, 4.69) is 20.3 Å². The van der Waals surface area contributed by atoms with E-state index in [1.807, 2.05) is 45.0 Å². The third kappa shape index (κ3) is 5.76. The Morgan fingerprint density at radius 3 is 2.37 bits per heavy atom. The van der Waals surface area contributed by atoms with Gasteiger partial charge >= 0.3 is 0 Å². The van der Waals surface area contributed by atoms with Crippen LogP contribution in [0.5, 0.6) is 0 Å². The minimum atomic E-state index is -1.24. The van der Waals surface area contributed by atoms with Crippen molar-refractivity contribution in [2.45, 2.75) is 38.4 Å². The molecular formula is C14H19BrClNOS. The molecule has 1 aromatic rings. The molecule has 0 saturated carbocycles. The molecular weight excluding hydrogens is 346 g/mol. The van der Waals surface area contributed by atoms with Crippen LogP contribution < -0.4 is 0 Å². The molecule has 0 aliphatic carbocycles. The summed E-state index contributed by atoms with van der Waals surface area (Å²) < 4.78 is 17.2. The lowest BCUT2D eigenvalue weighted by Gasteiger charge is -2.15. The largest absolute Gasteiger partial charge is 0.234 e. The third-order valence-electron chi connectivity index (χ3n) is 2.44. The van der Waals surface area contributed by atoms with Crippen LogP contribution in [-0.2, 0) is 11.0 Å². The van der Waals surface area contributed by atoms with Crippen LogP contribution in [0.25, 0.3) is 0 Å². The van der Waals surface area contributed by atoms with Gasteiger partial charge in [-0.25, -0.2) is 4.21 Å². The Hall–Kier alpha value is -0.190. The van der Waals surface area contributed by atoms with Crippen molar-refractivity contribution < 1.29 is 4.21 Å². The number of benzene rings is 1. The normalized spacial score (nSPS) is 14.5. The lowest BCUT2D eigenvalue weighted by atomic mass is 10.1. The molecule has 1 atom stereocenters. The summed E-state index contributed by atoms with van der Waals surface area (Å²) in [4.78, 5) is 0. The fourth-order valence-electron chi connectivity index (χ4n) is 1.36. The lowest BCUT2D eigenvalue weighted by Crippen LogP contribution is -2.21. The minimum absolute atomic E-state index is 0.346. The second-order valence-corrected chi connectivity index (χ2v) is 8.40. The summed E-state index contributed by atoms with van der Waals surface area (Å²) in [5.74, 6) is 0.581. The van der Waals surface area contributed by atoms with Gasteiger partial charge in [-0.3, -0.25) is 0 Å². The highest BCUT2D eigenvalue weighted by Gasteiger charge is 2.20. The van der Waals surface area contributed by atoms with Gasteiger partial charge in [0.05, 0.1) is 10.5 Å². The van der Waals surface area contributed by atoms with Crippen molar-refractivity contribution in [3.05, 3.63) is 34.3 Å². The van der Waals surface area contributed by atoms with Gasteiger partial charge in [-0.15, -0.1) is 11.6 Å². The molecule has 19 heavy (non-hydrogen) atoms. The summed E-state index contributed by atoms with van der Waals surface area (Å²) in [6.07, 6.45) is 1.57. The summed E-state index contributed by atoms with van der Waals surface area (Å²) in [5.41, 5.74) is 1.87. The first-order valence-corrected chi connectivity index (χ1v) is 8.59. The summed E-state index contributed by atoms with van der Waals surface area (Å²) >= 11 is 9.16. The van der Waals surface area contributed by atoms with E-state index in [1.54, 1.807) is 0 Å². The van der Waals surface area contributed by atoms with Gasteiger partial charge in [0.25, 0.3) is 0 Å². The number of rotatable bonds is 5. The summed E-state index contributed by atoms with van der Waals surface area (Å²) in [6, 6.07) is 7.89. The Labute approximate surface area is 131 Å². The molecule has 2 nitrogen and oxygen atoms in total. The number of alkyl halides is 1. The predicted octanol–water partition coefficient (Wildman–Crippen LogP) is 4.72. The van der Waals surface area contributed by atoms with Crippen LogP contribution in [0.3, 0.4) is 0 Å². The lowest BCUT2D eigenvalue weighted by molar-refractivity contribution is 0.650. The van der Waals surface area contributed by atoms with Gasteiger partial charge < -0.3 is 0 Å². The van der Waals surface area contributed by atoms with Gasteiger partial charge in [0.15, 0.2) is 0 Å². The zero-order chi connectivity index (χ0) is 14.5. The molecule has 0 amide bonds. The van der Waals surface area contributed by atoms with Crippen LogP contribution in [0.1, 0.15) is 39.2 Å². The number of halogens is 2. The first kappa shape index (κ1) is 16.9. The molecule has 1 rings (SSSR count). The molecule has 0 saturated heterocycles. The van der Waals surface area contributed by atoms with E-state index in [-0.39, 0.29) is 4.75 Å². The average Bonchev–Trinajstić information content (AvgIpc) is 2.34. The maximum absolute atomic E-state index is 12.2. The number of hydrogen-bond donors (Lipinski definition) is 0. The van der Waals surface area contributed by atoms with Crippen LogP contribution in [0.2, 0.25) is 0 Å². The van der Waals surface area contributed by atoms with Crippen molar-refractivity contribution in [1.82, 2.24) is 0 Å². The van der Waals surface area contributed by atoms with E-state index in [9.17, 15) is 4.21 Å². The standard InChI is InChI=1S/C14H19BrClNOS/c1-14(2,3)19(18)17-13(5-4-10-16)11-6-8-12(15)9-7-11/h6-9H,4-5,10H2,1-3H3/b17-13+/t19-/m0/s1. The Morgan fingerprint density at radius 2 is 1.89 bits per heavy atom. The predicted molar refractivity (Wildman–Crippen MR) is 88.5 cm³/mol. The summed E-state index contributed by atoms with van der Waals surface area (Å²) in [5, 5.41) is 0. The maximum Gasteiger partial charge on any atom is 0.145 e. The first-order valence-electron chi connectivity index (χ1n) is 6.16. The highest BCUT2D eigenvalue weighted by Crippen LogP contribution is 2.18. The van der Waals surface area contributed by atoms with Crippen molar-refractivity contribution in [1.29, 1.82) is 0 Å². The highest BCUT2D eigenvalue weighted by molar-refractivity contribution is 9.10. The van der Waals surface area contributed by atoms with E-state index in [0.717, 1.165) is 28.6 Å². The van der Waals surface area contributed by atoms with Crippen molar-refractivity contribution in [2.24, 2.45) is 4.40 Å². The maximum atomic E-state index is 12.2. The molecule has 0 heterocycles.